The minimum Gasteiger partial charge on any atom is -0.493 e. The third-order valence-electron chi connectivity index (χ3n) is 3.73. The highest BCUT2D eigenvalue weighted by Gasteiger charge is 2.16. The van der Waals surface area contributed by atoms with Crippen LogP contribution in [0, 0.1) is 5.92 Å². The zero-order valence-corrected chi connectivity index (χ0v) is 12.3. The molecule has 1 aromatic carbocycles. The maximum absolute atomic E-state index is 10.7. The summed E-state index contributed by atoms with van der Waals surface area (Å²) in [5, 5.41) is 0. The maximum Gasteiger partial charge on any atom is 0.161 e. The van der Waals surface area contributed by atoms with Gasteiger partial charge in [-0.3, -0.25) is 9.69 Å². The summed E-state index contributed by atoms with van der Waals surface area (Å²) in [5.41, 5.74) is 0.596. The summed E-state index contributed by atoms with van der Waals surface area (Å²) in [6.45, 7) is 6.19. The average Bonchev–Trinajstić information content (AvgIpc) is 2.47. The Morgan fingerprint density at radius 3 is 2.95 bits per heavy atom. The van der Waals surface area contributed by atoms with Gasteiger partial charge in [0.25, 0.3) is 0 Å². The van der Waals surface area contributed by atoms with Crippen molar-refractivity contribution in [2.24, 2.45) is 5.92 Å². The Hall–Kier alpha value is -1.55. The van der Waals surface area contributed by atoms with Gasteiger partial charge in [0.05, 0.1) is 7.11 Å². The third-order valence-corrected chi connectivity index (χ3v) is 3.73. The lowest BCUT2D eigenvalue weighted by Crippen LogP contribution is -2.37. The molecule has 1 aliphatic rings. The molecule has 0 saturated carbocycles. The number of carbonyl (C=O) groups excluding carboxylic acids is 1. The lowest BCUT2D eigenvalue weighted by molar-refractivity contribution is 0.112. The highest BCUT2D eigenvalue weighted by atomic mass is 16.5. The van der Waals surface area contributed by atoms with Gasteiger partial charge in [-0.2, -0.15) is 0 Å². The SMILES string of the molecule is COc1cc(C=O)ccc1OCCN1CCC[C@@H](C)C1. The molecule has 110 valence electrons. The van der Waals surface area contributed by atoms with Gasteiger partial charge in [0.2, 0.25) is 0 Å². The van der Waals surface area contributed by atoms with E-state index in [0.717, 1.165) is 31.8 Å². The Balaban J connectivity index is 1.85. The fourth-order valence-electron chi connectivity index (χ4n) is 2.65. The van der Waals surface area contributed by atoms with E-state index in [1.165, 1.54) is 12.8 Å². The van der Waals surface area contributed by atoms with Gasteiger partial charge in [-0.05, 0) is 43.5 Å². The van der Waals surface area contributed by atoms with E-state index >= 15 is 0 Å². The molecule has 4 heteroatoms. The zero-order chi connectivity index (χ0) is 14.4. The number of methoxy groups -OCH3 is 1. The van der Waals surface area contributed by atoms with E-state index in [-0.39, 0.29) is 0 Å². The van der Waals surface area contributed by atoms with E-state index in [9.17, 15) is 4.79 Å². The summed E-state index contributed by atoms with van der Waals surface area (Å²) in [4.78, 5) is 13.2. The molecular formula is C16H23NO3. The van der Waals surface area contributed by atoms with Gasteiger partial charge in [-0.1, -0.05) is 6.92 Å². The zero-order valence-electron chi connectivity index (χ0n) is 12.3. The number of likely N-dealkylation sites (tertiary alicyclic amines) is 1. The molecule has 0 aliphatic carbocycles. The molecule has 0 radical (unpaired) electrons. The minimum atomic E-state index is 0.596. The van der Waals surface area contributed by atoms with Gasteiger partial charge in [-0.25, -0.2) is 0 Å². The van der Waals surface area contributed by atoms with E-state index in [2.05, 4.69) is 11.8 Å². The van der Waals surface area contributed by atoms with Crippen molar-refractivity contribution in [1.82, 2.24) is 4.90 Å². The van der Waals surface area contributed by atoms with Crippen LogP contribution in [0.1, 0.15) is 30.1 Å². The predicted octanol–water partition coefficient (Wildman–Crippen LogP) is 2.62. The molecule has 0 spiro atoms. The highest BCUT2D eigenvalue weighted by molar-refractivity contribution is 5.76. The van der Waals surface area contributed by atoms with Crippen LogP contribution in [-0.4, -0.2) is 44.5 Å². The summed E-state index contributed by atoms with van der Waals surface area (Å²) in [5.74, 6) is 2.09. The Morgan fingerprint density at radius 1 is 1.40 bits per heavy atom. The molecular weight excluding hydrogens is 254 g/mol. The summed E-state index contributed by atoms with van der Waals surface area (Å²) >= 11 is 0. The molecule has 1 fully saturated rings. The van der Waals surface area contributed by atoms with Crippen LogP contribution in [0.4, 0.5) is 0 Å². The summed E-state index contributed by atoms with van der Waals surface area (Å²) in [7, 11) is 1.59. The molecule has 0 aromatic heterocycles. The number of hydrogen-bond donors (Lipinski definition) is 0. The first-order chi connectivity index (χ1) is 9.72. The number of hydrogen-bond acceptors (Lipinski definition) is 4. The second-order valence-corrected chi connectivity index (χ2v) is 5.42. The van der Waals surface area contributed by atoms with Crippen LogP contribution in [0.15, 0.2) is 18.2 Å². The summed E-state index contributed by atoms with van der Waals surface area (Å²) in [6, 6.07) is 5.24. The van der Waals surface area contributed by atoms with Crippen molar-refractivity contribution in [3.05, 3.63) is 23.8 Å². The molecule has 1 saturated heterocycles. The van der Waals surface area contributed by atoms with Gasteiger partial charge in [0.1, 0.15) is 12.9 Å². The highest BCUT2D eigenvalue weighted by Crippen LogP contribution is 2.27. The van der Waals surface area contributed by atoms with Crippen molar-refractivity contribution in [3.63, 3.8) is 0 Å². The van der Waals surface area contributed by atoms with Gasteiger partial charge >= 0.3 is 0 Å². The first-order valence-corrected chi connectivity index (χ1v) is 7.21. The van der Waals surface area contributed by atoms with Crippen molar-refractivity contribution < 1.29 is 14.3 Å². The van der Waals surface area contributed by atoms with Crippen LogP contribution in [0.5, 0.6) is 11.5 Å². The van der Waals surface area contributed by atoms with Crippen molar-refractivity contribution in [1.29, 1.82) is 0 Å². The molecule has 20 heavy (non-hydrogen) atoms. The molecule has 1 heterocycles. The fourth-order valence-corrected chi connectivity index (χ4v) is 2.65. The van der Waals surface area contributed by atoms with Crippen molar-refractivity contribution in [3.8, 4) is 11.5 Å². The topological polar surface area (TPSA) is 38.8 Å². The number of piperidine rings is 1. The minimum absolute atomic E-state index is 0.596. The predicted molar refractivity (Wildman–Crippen MR) is 78.7 cm³/mol. The summed E-state index contributed by atoms with van der Waals surface area (Å²) < 4.78 is 11.0. The molecule has 2 rings (SSSR count). The maximum atomic E-state index is 10.7. The molecule has 1 aliphatic heterocycles. The van der Waals surface area contributed by atoms with Crippen molar-refractivity contribution in [2.45, 2.75) is 19.8 Å². The lowest BCUT2D eigenvalue weighted by Gasteiger charge is -2.30. The lowest BCUT2D eigenvalue weighted by atomic mass is 10.0. The fraction of sp³-hybridized carbons (Fsp3) is 0.562. The monoisotopic (exact) mass is 277 g/mol. The van der Waals surface area contributed by atoms with Crippen LogP contribution >= 0.6 is 0 Å². The van der Waals surface area contributed by atoms with Gasteiger partial charge in [0.15, 0.2) is 11.5 Å². The number of carbonyl (C=O) groups is 1. The van der Waals surface area contributed by atoms with Crippen LogP contribution < -0.4 is 9.47 Å². The standard InChI is InChI=1S/C16H23NO3/c1-13-4-3-7-17(11-13)8-9-20-15-6-5-14(12-18)10-16(15)19-2/h5-6,10,12-13H,3-4,7-9,11H2,1-2H3/t13-/m1/s1. The molecule has 4 nitrogen and oxygen atoms in total. The van der Waals surface area contributed by atoms with Crippen LogP contribution in [0.3, 0.4) is 0 Å². The van der Waals surface area contributed by atoms with Crippen molar-refractivity contribution >= 4 is 6.29 Å². The summed E-state index contributed by atoms with van der Waals surface area (Å²) in [6.07, 6.45) is 3.41. The Bertz CT molecular complexity index is 447. The van der Waals surface area contributed by atoms with Crippen LogP contribution in [0.25, 0.3) is 0 Å². The van der Waals surface area contributed by atoms with E-state index in [4.69, 9.17) is 9.47 Å². The molecule has 0 N–H and O–H groups in total. The molecule has 0 amide bonds. The Kier molecular flexibility index (Phi) is 5.41. The van der Waals surface area contributed by atoms with Crippen LogP contribution in [0.2, 0.25) is 0 Å². The largest absolute Gasteiger partial charge is 0.493 e. The van der Waals surface area contributed by atoms with E-state index in [1.807, 2.05) is 0 Å². The van der Waals surface area contributed by atoms with E-state index in [1.54, 1.807) is 25.3 Å². The number of aldehydes is 1. The Morgan fingerprint density at radius 2 is 2.25 bits per heavy atom. The smallest absolute Gasteiger partial charge is 0.161 e. The molecule has 0 bridgehead atoms. The average molecular weight is 277 g/mol. The Labute approximate surface area is 120 Å². The van der Waals surface area contributed by atoms with Crippen LogP contribution in [-0.2, 0) is 0 Å². The normalized spacial score (nSPS) is 19.6. The number of nitrogens with zero attached hydrogens (tertiary/aromatic N) is 1. The first-order valence-electron chi connectivity index (χ1n) is 7.21. The van der Waals surface area contributed by atoms with Gasteiger partial charge in [-0.15, -0.1) is 0 Å². The van der Waals surface area contributed by atoms with Crippen molar-refractivity contribution in [2.75, 3.05) is 33.4 Å². The molecule has 0 unspecified atom stereocenters. The first kappa shape index (κ1) is 14.9. The second kappa shape index (κ2) is 7.29. The number of benzene rings is 1. The molecule has 1 atom stereocenters. The van der Waals surface area contributed by atoms with Gasteiger partial charge in [0, 0.05) is 18.7 Å². The van der Waals surface area contributed by atoms with E-state index < -0.39 is 0 Å². The van der Waals surface area contributed by atoms with Gasteiger partial charge < -0.3 is 9.47 Å². The second-order valence-electron chi connectivity index (χ2n) is 5.42. The molecule has 1 aromatic rings. The van der Waals surface area contributed by atoms with E-state index in [0.29, 0.717) is 23.7 Å². The quantitative estimate of drug-likeness (QED) is 0.749. The third kappa shape index (κ3) is 3.97. The number of rotatable bonds is 6. The number of ether oxygens (including phenoxy) is 2.